The lowest BCUT2D eigenvalue weighted by molar-refractivity contribution is 0.379. The number of ether oxygens (including phenoxy) is 1. The normalized spacial score (nSPS) is 10.3. The van der Waals surface area contributed by atoms with Gasteiger partial charge in [0.25, 0.3) is 0 Å². The summed E-state index contributed by atoms with van der Waals surface area (Å²) < 4.78 is 18.3. The third-order valence-corrected chi connectivity index (χ3v) is 2.24. The van der Waals surface area contributed by atoms with Crippen molar-refractivity contribution < 1.29 is 9.13 Å². The second kappa shape index (κ2) is 4.32. The molecule has 5 nitrogen and oxygen atoms in total. The highest BCUT2D eigenvalue weighted by atomic mass is 19.1. The average Bonchev–Trinajstić information content (AvgIpc) is 2.32. The maximum Gasteiger partial charge on any atom is 0.321 e. The van der Waals surface area contributed by atoms with Crippen molar-refractivity contribution in [3.05, 3.63) is 29.6 Å². The monoisotopic (exact) mass is 234 g/mol. The third kappa shape index (κ3) is 2.30. The van der Waals surface area contributed by atoms with E-state index in [1.54, 1.807) is 19.1 Å². The topological polar surface area (TPSA) is 73.9 Å². The van der Waals surface area contributed by atoms with E-state index in [9.17, 15) is 4.39 Å². The molecule has 88 valence electrons. The SMILES string of the molecule is COc1nc(N)nc(-c2ccc(C)c(F)c2)n1. The lowest BCUT2D eigenvalue weighted by Gasteiger charge is -2.04. The molecule has 0 spiro atoms. The molecule has 0 saturated carbocycles. The Morgan fingerprint density at radius 1 is 1.24 bits per heavy atom. The molecule has 0 radical (unpaired) electrons. The van der Waals surface area contributed by atoms with Crippen LogP contribution in [0.1, 0.15) is 5.56 Å². The van der Waals surface area contributed by atoms with E-state index < -0.39 is 0 Å². The average molecular weight is 234 g/mol. The van der Waals surface area contributed by atoms with Crippen molar-refractivity contribution in [3.63, 3.8) is 0 Å². The van der Waals surface area contributed by atoms with E-state index in [1.165, 1.54) is 13.2 Å². The predicted octanol–water partition coefficient (Wildman–Crippen LogP) is 1.58. The molecule has 0 aliphatic rings. The van der Waals surface area contributed by atoms with Crippen LogP contribution in [-0.4, -0.2) is 22.1 Å². The number of aryl methyl sites for hydroxylation is 1. The van der Waals surface area contributed by atoms with Crippen molar-refractivity contribution in [1.29, 1.82) is 0 Å². The number of rotatable bonds is 2. The molecule has 1 aromatic heterocycles. The molecule has 2 rings (SSSR count). The molecule has 6 heteroatoms. The number of hydrogen-bond donors (Lipinski definition) is 1. The molecule has 2 N–H and O–H groups in total. The fraction of sp³-hybridized carbons (Fsp3) is 0.182. The minimum atomic E-state index is -0.319. The predicted molar refractivity (Wildman–Crippen MR) is 60.9 cm³/mol. The molecule has 0 fully saturated rings. The number of nitrogens with zero attached hydrogens (tertiary/aromatic N) is 3. The second-order valence-electron chi connectivity index (χ2n) is 3.47. The van der Waals surface area contributed by atoms with Crippen molar-refractivity contribution in [3.8, 4) is 17.4 Å². The van der Waals surface area contributed by atoms with Gasteiger partial charge in [0, 0.05) is 5.56 Å². The molecular formula is C11H11FN4O. The van der Waals surface area contributed by atoms with E-state index >= 15 is 0 Å². The van der Waals surface area contributed by atoms with Gasteiger partial charge in [-0.25, -0.2) is 4.39 Å². The Bertz CT molecular complexity index is 559. The van der Waals surface area contributed by atoms with Crippen LogP contribution in [0.25, 0.3) is 11.4 Å². The summed E-state index contributed by atoms with van der Waals surface area (Å²) >= 11 is 0. The standard InChI is InChI=1S/C11H11FN4O/c1-6-3-4-7(5-8(6)12)9-14-10(13)16-11(15-9)17-2/h3-5H,1-2H3,(H2,13,14,15,16). The maximum absolute atomic E-state index is 13.4. The number of anilines is 1. The highest BCUT2D eigenvalue weighted by molar-refractivity contribution is 5.56. The molecule has 0 aliphatic heterocycles. The van der Waals surface area contributed by atoms with Crippen molar-refractivity contribution >= 4 is 5.95 Å². The van der Waals surface area contributed by atoms with Gasteiger partial charge in [-0.05, 0) is 18.6 Å². The van der Waals surface area contributed by atoms with Crippen molar-refractivity contribution in [2.24, 2.45) is 0 Å². The third-order valence-electron chi connectivity index (χ3n) is 2.24. The number of benzene rings is 1. The number of hydrogen-bond acceptors (Lipinski definition) is 5. The van der Waals surface area contributed by atoms with E-state index in [2.05, 4.69) is 15.0 Å². The van der Waals surface area contributed by atoms with Crippen molar-refractivity contribution in [1.82, 2.24) is 15.0 Å². The van der Waals surface area contributed by atoms with Gasteiger partial charge < -0.3 is 10.5 Å². The summed E-state index contributed by atoms with van der Waals surface area (Å²) in [6.07, 6.45) is 0. The van der Waals surface area contributed by atoms with Crippen LogP contribution >= 0.6 is 0 Å². The van der Waals surface area contributed by atoms with Gasteiger partial charge in [0.15, 0.2) is 5.82 Å². The van der Waals surface area contributed by atoms with Crippen LogP contribution in [0.4, 0.5) is 10.3 Å². The molecule has 0 amide bonds. The molecule has 1 aromatic carbocycles. The molecule has 2 aromatic rings. The Morgan fingerprint density at radius 3 is 2.65 bits per heavy atom. The summed E-state index contributed by atoms with van der Waals surface area (Å²) in [5.41, 5.74) is 6.59. The summed E-state index contributed by atoms with van der Waals surface area (Å²) in [6, 6.07) is 4.82. The van der Waals surface area contributed by atoms with E-state index in [1.807, 2.05) is 0 Å². The van der Waals surface area contributed by atoms with E-state index in [0.717, 1.165) is 0 Å². The van der Waals surface area contributed by atoms with Crippen LogP contribution in [0.2, 0.25) is 0 Å². The quantitative estimate of drug-likeness (QED) is 0.853. The molecular weight excluding hydrogens is 223 g/mol. The lowest BCUT2D eigenvalue weighted by Crippen LogP contribution is -2.02. The Hall–Kier alpha value is -2.24. The molecule has 0 aliphatic carbocycles. The Balaban J connectivity index is 2.52. The van der Waals surface area contributed by atoms with Gasteiger partial charge in [0.05, 0.1) is 7.11 Å². The van der Waals surface area contributed by atoms with Crippen LogP contribution in [0.5, 0.6) is 6.01 Å². The number of nitrogens with two attached hydrogens (primary N) is 1. The van der Waals surface area contributed by atoms with Gasteiger partial charge >= 0.3 is 6.01 Å². The van der Waals surface area contributed by atoms with Crippen molar-refractivity contribution in [2.75, 3.05) is 12.8 Å². The van der Waals surface area contributed by atoms with Gasteiger partial charge in [0.2, 0.25) is 5.95 Å². The summed E-state index contributed by atoms with van der Waals surface area (Å²) in [7, 11) is 1.42. The zero-order chi connectivity index (χ0) is 12.4. The van der Waals surface area contributed by atoms with E-state index in [4.69, 9.17) is 10.5 Å². The maximum atomic E-state index is 13.4. The Kier molecular flexibility index (Phi) is 2.86. The largest absolute Gasteiger partial charge is 0.467 e. The minimum absolute atomic E-state index is 0.0350. The van der Waals surface area contributed by atoms with Gasteiger partial charge in [-0.1, -0.05) is 12.1 Å². The number of halogens is 1. The van der Waals surface area contributed by atoms with Gasteiger partial charge in [-0.2, -0.15) is 15.0 Å². The van der Waals surface area contributed by atoms with Crippen LogP contribution in [0.15, 0.2) is 18.2 Å². The zero-order valence-electron chi connectivity index (χ0n) is 9.44. The number of methoxy groups -OCH3 is 1. The minimum Gasteiger partial charge on any atom is -0.467 e. The summed E-state index contributed by atoms with van der Waals surface area (Å²) in [4.78, 5) is 11.7. The summed E-state index contributed by atoms with van der Waals surface area (Å²) in [5.74, 6) is 0.00142. The number of aromatic nitrogens is 3. The van der Waals surface area contributed by atoms with Crippen LogP contribution < -0.4 is 10.5 Å². The molecule has 0 unspecified atom stereocenters. The zero-order valence-corrected chi connectivity index (χ0v) is 9.44. The molecule has 0 saturated heterocycles. The Morgan fingerprint density at radius 2 is 2.00 bits per heavy atom. The highest BCUT2D eigenvalue weighted by Crippen LogP contribution is 2.20. The van der Waals surface area contributed by atoms with Crippen LogP contribution in [0, 0.1) is 12.7 Å². The van der Waals surface area contributed by atoms with Gasteiger partial charge in [-0.3, -0.25) is 0 Å². The molecule has 0 atom stereocenters. The highest BCUT2D eigenvalue weighted by Gasteiger charge is 2.08. The first-order chi connectivity index (χ1) is 8.10. The first-order valence-corrected chi connectivity index (χ1v) is 4.92. The molecule has 1 heterocycles. The van der Waals surface area contributed by atoms with E-state index in [0.29, 0.717) is 11.1 Å². The molecule has 17 heavy (non-hydrogen) atoms. The van der Waals surface area contributed by atoms with Gasteiger partial charge in [-0.15, -0.1) is 0 Å². The van der Waals surface area contributed by atoms with Crippen molar-refractivity contribution in [2.45, 2.75) is 6.92 Å². The first kappa shape index (κ1) is 11.3. The fourth-order valence-electron chi connectivity index (χ4n) is 1.32. The Labute approximate surface area is 97.5 Å². The smallest absolute Gasteiger partial charge is 0.321 e. The van der Waals surface area contributed by atoms with Gasteiger partial charge in [0.1, 0.15) is 5.82 Å². The molecule has 0 bridgehead atoms. The summed E-state index contributed by atoms with van der Waals surface area (Å²) in [6.45, 7) is 1.68. The van der Waals surface area contributed by atoms with Crippen LogP contribution in [-0.2, 0) is 0 Å². The number of nitrogen functional groups attached to an aromatic ring is 1. The fourth-order valence-corrected chi connectivity index (χ4v) is 1.32. The van der Waals surface area contributed by atoms with E-state index in [-0.39, 0.29) is 23.6 Å². The summed E-state index contributed by atoms with van der Waals surface area (Å²) in [5, 5.41) is 0. The second-order valence-corrected chi connectivity index (χ2v) is 3.47. The van der Waals surface area contributed by atoms with Crippen LogP contribution in [0.3, 0.4) is 0 Å². The lowest BCUT2D eigenvalue weighted by atomic mass is 10.1. The first-order valence-electron chi connectivity index (χ1n) is 4.92.